The third kappa shape index (κ3) is 3.44. The van der Waals surface area contributed by atoms with Crippen molar-refractivity contribution in [3.05, 3.63) is 29.6 Å². The molecule has 0 radical (unpaired) electrons. The van der Waals surface area contributed by atoms with Crippen LogP contribution in [0, 0.1) is 11.7 Å². The Morgan fingerprint density at radius 2 is 2.16 bits per heavy atom. The van der Waals surface area contributed by atoms with E-state index >= 15 is 0 Å². The Morgan fingerprint density at radius 3 is 2.79 bits per heavy atom. The van der Waals surface area contributed by atoms with E-state index in [4.69, 9.17) is 5.11 Å². The molecule has 1 fully saturated rings. The lowest BCUT2D eigenvalue weighted by Gasteiger charge is -2.29. The summed E-state index contributed by atoms with van der Waals surface area (Å²) in [5, 5.41) is 12.0. The van der Waals surface area contributed by atoms with Crippen LogP contribution in [0.2, 0.25) is 0 Å². The van der Waals surface area contributed by atoms with Crippen LogP contribution >= 0.6 is 0 Å². The topological polar surface area (TPSA) is 52.6 Å². The highest BCUT2D eigenvalue weighted by molar-refractivity contribution is 5.94. The summed E-state index contributed by atoms with van der Waals surface area (Å²) in [6.07, 6.45) is 2.11. The molecule has 1 aromatic rings. The minimum Gasteiger partial charge on any atom is -0.478 e. The standard InChI is InChI=1S/C14H19FN2O2/c1-17-7-5-10(6-8-17)9-16-13-11(14(18)19)3-2-4-12(13)15/h2-4,10,16H,5-9H2,1H3,(H,18,19). The number of piperidine rings is 1. The fraction of sp³-hybridized carbons (Fsp3) is 0.500. The number of anilines is 1. The molecule has 0 atom stereocenters. The molecule has 0 amide bonds. The van der Waals surface area contributed by atoms with Gasteiger partial charge in [0.25, 0.3) is 0 Å². The molecule has 2 N–H and O–H groups in total. The van der Waals surface area contributed by atoms with Crippen LogP contribution < -0.4 is 5.32 Å². The lowest BCUT2D eigenvalue weighted by Crippen LogP contribution is -2.33. The molecule has 104 valence electrons. The lowest BCUT2D eigenvalue weighted by atomic mass is 9.97. The summed E-state index contributed by atoms with van der Waals surface area (Å²) in [4.78, 5) is 13.3. The van der Waals surface area contributed by atoms with Gasteiger partial charge in [0.15, 0.2) is 0 Å². The minimum absolute atomic E-state index is 0.00655. The molecule has 0 aliphatic carbocycles. The van der Waals surface area contributed by atoms with Crippen molar-refractivity contribution in [1.29, 1.82) is 0 Å². The maximum absolute atomic E-state index is 13.7. The molecular formula is C14H19FN2O2. The van der Waals surface area contributed by atoms with Crippen molar-refractivity contribution in [2.24, 2.45) is 5.92 Å². The van der Waals surface area contributed by atoms with Gasteiger partial charge in [-0.3, -0.25) is 0 Å². The summed E-state index contributed by atoms with van der Waals surface area (Å²) < 4.78 is 13.7. The number of benzene rings is 1. The van der Waals surface area contributed by atoms with Crippen molar-refractivity contribution < 1.29 is 14.3 Å². The molecule has 1 saturated heterocycles. The average Bonchev–Trinajstić information content (AvgIpc) is 2.39. The van der Waals surface area contributed by atoms with Crippen LogP contribution in [0.5, 0.6) is 0 Å². The number of aromatic carboxylic acids is 1. The zero-order valence-corrected chi connectivity index (χ0v) is 11.0. The number of nitrogens with one attached hydrogen (secondary N) is 1. The second kappa shape index (κ2) is 6.02. The summed E-state index contributed by atoms with van der Waals surface area (Å²) in [7, 11) is 2.09. The third-order valence-corrected chi connectivity index (χ3v) is 3.65. The van der Waals surface area contributed by atoms with E-state index in [0.29, 0.717) is 12.5 Å². The number of hydrogen-bond acceptors (Lipinski definition) is 3. The van der Waals surface area contributed by atoms with Gasteiger partial charge in [-0.05, 0) is 51.0 Å². The summed E-state index contributed by atoms with van der Waals surface area (Å²) in [5.74, 6) is -1.14. The highest BCUT2D eigenvalue weighted by Gasteiger charge is 2.19. The van der Waals surface area contributed by atoms with E-state index in [1.54, 1.807) is 0 Å². The normalized spacial score (nSPS) is 17.4. The van der Waals surface area contributed by atoms with E-state index in [1.165, 1.54) is 18.2 Å². The van der Waals surface area contributed by atoms with Crippen molar-refractivity contribution in [3.63, 3.8) is 0 Å². The van der Waals surface area contributed by atoms with Crippen molar-refractivity contribution >= 4 is 11.7 Å². The molecule has 0 aromatic heterocycles. The van der Waals surface area contributed by atoms with Gasteiger partial charge in [-0.1, -0.05) is 6.07 Å². The number of carboxylic acids is 1. The van der Waals surface area contributed by atoms with Crippen LogP contribution in [0.3, 0.4) is 0 Å². The van der Waals surface area contributed by atoms with Crippen molar-refractivity contribution in [2.45, 2.75) is 12.8 Å². The van der Waals surface area contributed by atoms with Gasteiger partial charge in [-0.15, -0.1) is 0 Å². The molecule has 1 aliphatic heterocycles. The van der Waals surface area contributed by atoms with Gasteiger partial charge in [0.2, 0.25) is 0 Å². The number of para-hydroxylation sites is 1. The monoisotopic (exact) mass is 266 g/mol. The van der Waals surface area contributed by atoms with E-state index in [0.717, 1.165) is 25.9 Å². The number of nitrogens with zero attached hydrogens (tertiary/aromatic N) is 1. The van der Waals surface area contributed by atoms with Gasteiger partial charge < -0.3 is 15.3 Å². The molecule has 0 bridgehead atoms. The first kappa shape index (κ1) is 13.8. The van der Waals surface area contributed by atoms with Gasteiger partial charge in [0, 0.05) is 6.54 Å². The summed E-state index contributed by atoms with van der Waals surface area (Å²) in [6.45, 7) is 2.69. The summed E-state index contributed by atoms with van der Waals surface area (Å²) >= 11 is 0. The predicted octanol–water partition coefficient (Wildman–Crippen LogP) is 2.28. The zero-order chi connectivity index (χ0) is 13.8. The molecule has 1 aliphatic rings. The number of carboxylic acid groups (broad SMARTS) is 1. The molecule has 0 saturated carbocycles. The Bertz CT molecular complexity index is 457. The van der Waals surface area contributed by atoms with Crippen LogP contribution in [0.25, 0.3) is 0 Å². The van der Waals surface area contributed by atoms with E-state index in [2.05, 4.69) is 17.3 Å². The van der Waals surface area contributed by atoms with Crippen molar-refractivity contribution in [3.8, 4) is 0 Å². The zero-order valence-electron chi connectivity index (χ0n) is 11.0. The highest BCUT2D eigenvalue weighted by atomic mass is 19.1. The summed E-state index contributed by atoms with van der Waals surface area (Å²) in [5.41, 5.74) is 0.0989. The number of carbonyl (C=O) groups is 1. The van der Waals surface area contributed by atoms with Crippen molar-refractivity contribution in [2.75, 3.05) is 32.0 Å². The molecule has 5 heteroatoms. The number of hydrogen-bond donors (Lipinski definition) is 2. The first-order chi connectivity index (χ1) is 9.08. The molecule has 1 heterocycles. The van der Waals surface area contributed by atoms with E-state index < -0.39 is 11.8 Å². The van der Waals surface area contributed by atoms with Crippen molar-refractivity contribution in [1.82, 2.24) is 4.90 Å². The number of halogens is 1. The number of likely N-dealkylation sites (tertiary alicyclic amines) is 1. The van der Waals surface area contributed by atoms with E-state index in [9.17, 15) is 9.18 Å². The largest absolute Gasteiger partial charge is 0.478 e. The predicted molar refractivity (Wildman–Crippen MR) is 72.1 cm³/mol. The Kier molecular flexibility index (Phi) is 4.37. The van der Waals surface area contributed by atoms with Gasteiger partial charge >= 0.3 is 5.97 Å². The minimum atomic E-state index is -1.11. The Balaban J connectivity index is 2.01. The molecule has 1 aromatic carbocycles. The molecule has 19 heavy (non-hydrogen) atoms. The molecule has 4 nitrogen and oxygen atoms in total. The van der Waals surface area contributed by atoms with Crippen LogP contribution in [0.1, 0.15) is 23.2 Å². The number of rotatable bonds is 4. The van der Waals surface area contributed by atoms with Gasteiger partial charge in [-0.25, -0.2) is 9.18 Å². The molecule has 0 unspecified atom stereocenters. The molecule has 0 spiro atoms. The smallest absolute Gasteiger partial charge is 0.337 e. The van der Waals surface area contributed by atoms with Gasteiger partial charge in [0.1, 0.15) is 5.82 Å². The second-order valence-electron chi connectivity index (χ2n) is 5.10. The van der Waals surface area contributed by atoms with Crippen LogP contribution in [-0.2, 0) is 0 Å². The first-order valence-corrected chi connectivity index (χ1v) is 6.52. The SMILES string of the molecule is CN1CCC(CNc2c(F)cccc2C(=O)O)CC1. The Morgan fingerprint density at radius 1 is 1.47 bits per heavy atom. The van der Waals surface area contributed by atoms with E-state index in [-0.39, 0.29) is 11.3 Å². The third-order valence-electron chi connectivity index (χ3n) is 3.65. The lowest BCUT2D eigenvalue weighted by molar-refractivity contribution is 0.0697. The Labute approximate surface area is 112 Å². The maximum Gasteiger partial charge on any atom is 0.337 e. The van der Waals surface area contributed by atoms with E-state index in [1.807, 2.05) is 0 Å². The molecular weight excluding hydrogens is 247 g/mol. The van der Waals surface area contributed by atoms with Gasteiger partial charge in [-0.2, -0.15) is 0 Å². The van der Waals surface area contributed by atoms with Crippen LogP contribution in [0.15, 0.2) is 18.2 Å². The van der Waals surface area contributed by atoms with Crippen LogP contribution in [-0.4, -0.2) is 42.7 Å². The molecule has 2 rings (SSSR count). The highest BCUT2D eigenvalue weighted by Crippen LogP contribution is 2.22. The second-order valence-corrected chi connectivity index (χ2v) is 5.10. The average molecular weight is 266 g/mol. The van der Waals surface area contributed by atoms with Crippen LogP contribution in [0.4, 0.5) is 10.1 Å². The fourth-order valence-corrected chi connectivity index (χ4v) is 2.39. The Hall–Kier alpha value is -1.62. The summed E-state index contributed by atoms with van der Waals surface area (Å²) in [6, 6.07) is 4.12. The van der Waals surface area contributed by atoms with Gasteiger partial charge in [0.05, 0.1) is 11.3 Å². The fourth-order valence-electron chi connectivity index (χ4n) is 2.39. The first-order valence-electron chi connectivity index (χ1n) is 6.52. The quantitative estimate of drug-likeness (QED) is 0.878. The maximum atomic E-state index is 13.7.